The van der Waals surface area contributed by atoms with Gasteiger partial charge >= 0.3 is 0 Å². The second-order valence-electron chi connectivity index (χ2n) is 7.27. The first-order chi connectivity index (χ1) is 13.5. The number of nitrogens with zero attached hydrogens (tertiary/aromatic N) is 5. The van der Waals surface area contributed by atoms with Crippen molar-refractivity contribution in [2.75, 3.05) is 24.5 Å². The molecule has 0 spiro atoms. The lowest BCUT2D eigenvalue weighted by atomic mass is 10.1. The first-order valence-electron chi connectivity index (χ1n) is 9.45. The topological polar surface area (TPSA) is 89.1 Å². The van der Waals surface area contributed by atoms with Gasteiger partial charge in [0.05, 0.1) is 18.4 Å². The molecule has 1 aliphatic rings. The molecule has 1 fully saturated rings. The predicted molar refractivity (Wildman–Crippen MR) is 106 cm³/mol. The zero-order valence-electron chi connectivity index (χ0n) is 16.3. The highest BCUT2D eigenvalue weighted by atomic mass is 16.5. The third-order valence-electron chi connectivity index (χ3n) is 5.07. The van der Waals surface area contributed by atoms with Crippen LogP contribution in [0, 0.1) is 13.8 Å². The van der Waals surface area contributed by atoms with Crippen LogP contribution in [0.15, 0.2) is 39.9 Å². The molecular formula is C20H24N6O2. The SMILES string of the molecule is Cc1ccc(-c2noc(C)c2Cn2ncc(N3CCN[C@@H](C)C3)cc2=O)cn1. The lowest BCUT2D eigenvalue weighted by Gasteiger charge is -2.33. The van der Waals surface area contributed by atoms with E-state index in [0.717, 1.165) is 42.1 Å². The number of anilines is 1. The molecule has 0 bridgehead atoms. The Bertz CT molecular complexity index is 1020. The molecule has 1 saturated heterocycles. The number of nitrogens with one attached hydrogen (secondary N) is 1. The van der Waals surface area contributed by atoms with Gasteiger partial charge in [-0.1, -0.05) is 5.16 Å². The first kappa shape index (κ1) is 18.4. The summed E-state index contributed by atoms with van der Waals surface area (Å²) >= 11 is 0. The summed E-state index contributed by atoms with van der Waals surface area (Å²) in [6.07, 6.45) is 3.52. The molecular weight excluding hydrogens is 356 g/mol. The minimum absolute atomic E-state index is 0.141. The minimum Gasteiger partial charge on any atom is -0.367 e. The minimum atomic E-state index is -0.141. The Balaban J connectivity index is 1.61. The molecule has 0 radical (unpaired) electrons. The van der Waals surface area contributed by atoms with E-state index in [0.29, 0.717) is 24.0 Å². The summed E-state index contributed by atoms with van der Waals surface area (Å²) in [4.78, 5) is 19.2. The second-order valence-corrected chi connectivity index (χ2v) is 7.27. The van der Waals surface area contributed by atoms with E-state index in [-0.39, 0.29) is 5.56 Å². The van der Waals surface area contributed by atoms with Crippen molar-refractivity contribution in [3.05, 3.63) is 58.0 Å². The molecule has 8 nitrogen and oxygen atoms in total. The van der Waals surface area contributed by atoms with Gasteiger partial charge in [-0.2, -0.15) is 5.10 Å². The van der Waals surface area contributed by atoms with E-state index in [2.05, 4.69) is 32.4 Å². The van der Waals surface area contributed by atoms with Crippen molar-refractivity contribution in [3.8, 4) is 11.3 Å². The molecule has 28 heavy (non-hydrogen) atoms. The number of hydrogen-bond acceptors (Lipinski definition) is 7. The molecule has 0 unspecified atom stereocenters. The van der Waals surface area contributed by atoms with Crippen LogP contribution >= 0.6 is 0 Å². The number of piperazine rings is 1. The van der Waals surface area contributed by atoms with Crippen molar-refractivity contribution in [2.24, 2.45) is 0 Å². The standard InChI is InChI=1S/C20H24N6O2/c1-13-4-5-16(9-22-13)20-18(15(3)28-24-20)12-26-19(27)8-17(10-23-26)25-7-6-21-14(2)11-25/h4-5,8-10,14,21H,6-7,11-12H2,1-3H3/t14-/m0/s1. The molecule has 3 aromatic rings. The van der Waals surface area contributed by atoms with Crippen LogP contribution in [0.5, 0.6) is 0 Å². The fourth-order valence-electron chi connectivity index (χ4n) is 3.44. The summed E-state index contributed by atoms with van der Waals surface area (Å²) in [5, 5.41) is 12.0. The Labute approximate surface area is 163 Å². The van der Waals surface area contributed by atoms with Gasteiger partial charge in [-0.3, -0.25) is 9.78 Å². The first-order valence-corrected chi connectivity index (χ1v) is 9.45. The zero-order valence-corrected chi connectivity index (χ0v) is 16.3. The number of rotatable bonds is 4. The van der Waals surface area contributed by atoms with Crippen LogP contribution < -0.4 is 15.8 Å². The quantitative estimate of drug-likeness (QED) is 0.738. The van der Waals surface area contributed by atoms with E-state index in [1.165, 1.54) is 4.68 Å². The third kappa shape index (κ3) is 3.68. The van der Waals surface area contributed by atoms with Gasteiger partial charge in [0.25, 0.3) is 5.56 Å². The summed E-state index contributed by atoms with van der Waals surface area (Å²) < 4.78 is 6.83. The Morgan fingerprint density at radius 2 is 2.14 bits per heavy atom. The van der Waals surface area contributed by atoms with Crippen LogP contribution in [0.4, 0.5) is 5.69 Å². The highest BCUT2D eigenvalue weighted by Crippen LogP contribution is 2.25. The van der Waals surface area contributed by atoms with Gasteiger partial charge in [0, 0.05) is 54.8 Å². The summed E-state index contributed by atoms with van der Waals surface area (Å²) in [7, 11) is 0. The van der Waals surface area contributed by atoms with Crippen molar-refractivity contribution in [2.45, 2.75) is 33.4 Å². The molecule has 146 valence electrons. The van der Waals surface area contributed by atoms with Gasteiger partial charge in [-0.15, -0.1) is 0 Å². The monoisotopic (exact) mass is 380 g/mol. The molecule has 1 atom stereocenters. The fraction of sp³-hybridized carbons (Fsp3) is 0.400. The Morgan fingerprint density at radius 3 is 2.86 bits per heavy atom. The molecule has 1 N–H and O–H groups in total. The normalized spacial score (nSPS) is 17.1. The summed E-state index contributed by atoms with van der Waals surface area (Å²) in [5.74, 6) is 0.671. The summed E-state index contributed by atoms with van der Waals surface area (Å²) in [6.45, 7) is 8.84. The van der Waals surface area contributed by atoms with Crippen molar-refractivity contribution in [3.63, 3.8) is 0 Å². The Kier molecular flexibility index (Phi) is 4.95. The largest absolute Gasteiger partial charge is 0.367 e. The molecule has 4 rings (SSSR count). The predicted octanol–water partition coefficient (Wildman–Crippen LogP) is 1.76. The number of aromatic nitrogens is 4. The zero-order chi connectivity index (χ0) is 19.7. The van der Waals surface area contributed by atoms with Gasteiger partial charge in [-0.05, 0) is 32.9 Å². The highest BCUT2D eigenvalue weighted by Gasteiger charge is 2.19. The maximum atomic E-state index is 12.7. The lowest BCUT2D eigenvalue weighted by molar-refractivity contribution is 0.397. The smallest absolute Gasteiger partial charge is 0.269 e. The van der Waals surface area contributed by atoms with E-state index in [1.54, 1.807) is 18.5 Å². The van der Waals surface area contributed by atoms with Gasteiger partial charge < -0.3 is 14.7 Å². The van der Waals surface area contributed by atoms with E-state index in [4.69, 9.17) is 4.52 Å². The maximum Gasteiger partial charge on any atom is 0.269 e. The van der Waals surface area contributed by atoms with Crippen LogP contribution in [-0.2, 0) is 6.54 Å². The second kappa shape index (κ2) is 7.55. The Morgan fingerprint density at radius 1 is 1.29 bits per heavy atom. The maximum absolute atomic E-state index is 12.7. The number of aryl methyl sites for hydroxylation is 2. The van der Waals surface area contributed by atoms with E-state index in [1.807, 2.05) is 26.0 Å². The van der Waals surface area contributed by atoms with Gasteiger partial charge in [-0.25, -0.2) is 4.68 Å². The van der Waals surface area contributed by atoms with Crippen LogP contribution in [0.1, 0.15) is 23.9 Å². The van der Waals surface area contributed by atoms with Gasteiger partial charge in [0.2, 0.25) is 0 Å². The van der Waals surface area contributed by atoms with Crippen LogP contribution in [0.2, 0.25) is 0 Å². The molecule has 3 aromatic heterocycles. The molecule has 0 aromatic carbocycles. The summed E-state index contributed by atoms with van der Waals surface area (Å²) in [5.41, 5.74) is 4.04. The lowest BCUT2D eigenvalue weighted by Crippen LogP contribution is -2.49. The van der Waals surface area contributed by atoms with Crippen LogP contribution in [0.3, 0.4) is 0 Å². The molecule has 0 saturated carbocycles. The van der Waals surface area contributed by atoms with Crippen LogP contribution in [-0.4, -0.2) is 45.6 Å². The third-order valence-corrected chi connectivity index (χ3v) is 5.07. The van der Waals surface area contributed by atoms with E-state index >= 15 is 0 Å². The molecule has 4 heterocycles. The number of hydrogen-bond donors (Lipinski definition) is 1. The van der Waals surface area contributed by atoms with Crippen molar-refractivity contribution in [1.82, 2.24) is 25.2 Å². The molecule has 0 aliphatic carbocycles. The molecule has 8 heteroatoms. The average Bonchev–Trinajstić information content (AvgIpc) is 3.04. The molecule has 0 amide bonds. The van der Waals surface area contributed by atoms with Crippen molar-refractivity contribution in [1.29, 1.82) is 0 Å². The van der Waals surface area contributed by atoms with Gasteiger partial charge in [0.1, 0.15) is 11.5 Å². The average molecular weight is 380 g/mol. The van der Waals surface area contributed by atoms with Crippen molar-refractivity contribution >= 4 is 5.69 Å². The van der Waals surface area contributed by atoms with Crippen LogP contribution in [0.25, 0.3) is 11.3 Å². The van der Waals surface area contributed by atoms with Gasteiger partial charge in [0.15, 0.2) is 0 Å². The highest BCUT2D eigenvalue weighted by molar-refractivity contribution is 5.62. The van der Waals surface area contributed by atoms with Crippen molar-refractivity contribution < 1.29 is 4.52 Å². The molecule has 1 aliphatic heterocycles. The van der Waals surface area contributed by atoms with E-state index < -0.39 is 0 Å². The Hall–Kier alpha value is -3.00. The number of pyridine rings is 1. The summed E-state index contributed by atoms with van der Waals surface area (Å²) in [6, 6.07) is 5.92. The fourth-order valence-corrected chi connectivity index (χ4v) is 3.44. The van der Waals surface area contributed by atoms with E-state index in [9.17, 15) is 4.79 Å².